The van der Waals surface area contributed by atoms with Crippen LogP contribution in [0.3, 0.4) is 0 Å². The topological polar surface area (TPSA) is 0 Å². The molecule has 2 aromatic carbocycles. The Balaban J connectivity index is 0.000000781. The normalized spacial score (nSPS) is 26.7. The molecule has 0 saturated carbocycles. The third kappa shape index (κ3) is 1.70. The summed E-state index contributed by atoms with van der Waals surface area (Å²) in [6, 6.07) is 18.1. The van der Waals surface area contributed by atoms with E-state index in [1.165, 1.54) is 11.1 Å². The van der Waals surface area contributed by atoms with Gasteiger partial charge in [-0.25, -0.2) is 0 Å². The molecule has 2 unspecified atom stereocenters. The number of rotatable bonds is 2. The van der Waals surface area contributed by atoms with Crippen LogP contribution in [0.2, 0.25) is 8.35 Å². The average molecular weight is 439 g/mol. The summed E-state index contributed by atoms with van der Waals surface area (Å²) in [5.74, 6) is 0. The predicted octanol–water partition coefficient (Wildman–Crippen LogP) is 5.75. The number of benzene rings is 2. The van der Waals surface area contributed by atoms with Gasteiger partial charge < -0.3 is 2.85 Å². The molecule has 0 nitrogen and oxygen atoms in total. The van der Waals surface area contributed by atoms with E-state index in [1.807, 2.05) is 0 Å². The standard InChI is InChI=1S/2C9H7.C2H4.Hf.2H/c2*1-2-5-9-7-3-6-8(9)4-1;1-2;;;/h2*1-7H;1-2H2;;;/q;;;;2*-1. The molecule has 0 bridgehead atoms. The van der Waals surface area contributed by atoms with Gasteiger partial charge in [0.05, 0.1) is 0 Å². The van der Waals surface area contributed by atoms with Crippen molar-refractivity contribution in [1.29, 1.82) is 0 Å². The fraction of sp³-hybridized carbons (Fsp3) is 0.200. The van der Waals surface area contributed by atoms with E-state index < -0.39 is 20.0 Å². The van der Waals surface area contributed by atoms with Crippen LogP contribution in [-0.2, 0) is 20.0 Å². The first-order chi connectivity index (χ1) is 10.4. The zero-order chi connectivity index (χ0) is 13.9. The maximum absolute atomic E-state index is 2.55. The Morgan fingerprint density at radius 3 is 1.67 bits per heavy atom. The second-order valence-electron chi connectivity index (χ2n) is 6.66. The van der Waals surface area contributed by atoms with Gasteiger partial charge in [-0.1, -0.05) is 0 Å². The Kier molecular flexibility index (Phi) is 2.58. The Hall–Kier alpha value is -1.21. The zero-order valence-electron chi connectivity index (χ0n) is 14.0. The molecule has 0 N–H and O–H groups in total. The molecule has 1 aliphatic heterocycles. The average Bonchev–Trinajstić information content (AvgIpc) is 3.03. The molecule has 0 amide bonds. The molecule has 106 valence electrons. The van der Waals surface area contributed by atoms with Crippen LogP contribution in [0, 0.1) is 0 Å². The third-order valence-corrected chi connectivity index (χ3v) is 24.1. The molecule has 2 aromatic rings. The van der Waals surface area contributed by atoms with E-state index in [9.17, 15) is 0 Å². The van der Waals surface area contributed by atoms with Gasteiger partial charge in [0.25, 0.3) is 0 Å². The van der Waals surface area contributed by atoms with Crippen LogP contribution in [0.25, 0.3) is 12.2 Å². The number of allylic oxidation sites excluding steroid dienone is 2. The monoisotopic (exact) mass is 440 g/mol. The molecule has 1 saturated heterocycles. The second-order valence-corrected chi connectivity index (χ2v) is 23.6. The van der Waals surface area contributed by atoms with E-state index in [2.05, 4.69) is 72.8 Å². The molecule has 0 spiro atoms. The zero-order valence-corrected chi connectivity index (χ0v) is 15.6. The van der Waals surface area contributed by atoms with Crippen molar-refractivity contribution in [3.8, 4) is 0 Å². The van der Waals surface area contributed by atoms with Crippen molar-refractivity contribution in [3.05, 3.63) is 82.9 Å². The fourth-order valence-electron chi connectivity index (χ4n) is 4.46. The van der Waals surface area contributed by atoms with E-state index >= 15 is 0 Å². The van der Waals surface area contributed by atoms with Crippen LogP contribution in [0.5, 0.6) is 0 Å². The van der Waals surface area contributed by atoms with Crippen LogP contribution in [0.15, 0.2) is 60.7 Å². The molecule has 0 aromatic heterocycles. The first kappa shape index (κ1) is 12.3. The maximum Gasteiger partial charge on any atom is -1.00 e. The first-order valence-electron chi connectivity index (χ1n) is 7.93. The molecule has 5 rings (SSSR count). The van der Waals surface area contributed by atoms with Crippen molar-refractivity contribution in [2.24, 2.45) is 0 Å². The van der Waals surface area contributed by atoms with Gasteiger partial charge in [-0.05, 0) is 0 Å². The molecule has 1 fully saturated rings. The molecule has 2 aliphatic carbocycles. The molecule has 1 heteroatoms. The van der Waals surface area contributed by atoms with E-state index in [0.717, 1.165) is 7.35 Å². The minimum absolute atomic E-state index is 0. The van der Waals surface area contributed by atoms with Crippen LogP contribution in [0.4, 0.5) is 0 Å². The summed E-state index contributed by atoms with van der Waals surface area (Å²) in [7, 11) is 0. The fourth-order valence-corrected chi connectivity index (χ4v) is 29.6. The molecule has 1 heterocycles. The Bertz CT molecular complexity index is 726. The van der Waals surface area contributed by atoms with E-state index in [-0.39, 0.29) is 2.85 Å². The van der Waals surface area contributed by atoms with Gasteiger partial charge in [-0.2, -0.15) is 0 Å². The summed E-state index contributed by atoms with van der Waals surface area (Å²) >= 11 is -2.27. The SMILES string of the molecule is C1=C[CH]([Hf]2([CH]3C=Cc4ccccc43)[CH2][CH2]2)c2ccccc21.[H-].[H-]. The molecule has 2 atom stereocenters. The van der Waals surface area contributed by atoms with Crippen molar-refractivity contribution in [3.63, 3.8) is 0 Å². The first-order valence-corrected chi connectivity index (χ1v) is 17.2. The molecule has 0 radical (unpaired) electrons. The summed E-state index contributed by atoms with van der Waals surface area (Å²) in [5, 5.41) is 0. The number of hydrogen-bond donors (Lipinski definition) is 0. The number of fused-ring (bicyclic) bond motifs is 2. The van der Waals surface area contributed by atoms with Crippen LogP contribution >= 0.6 is 0 Å². The summed E-state index contributed by atoms with van der Waals surface area (Å²) in [6.45, 7) is 0. The van der Waals surface area contributed by atoms with Crippen LogP contribution in [0.1, 0.15) is 32.5 Å². The minimum Gasteiger partial charge on any atom is -1.00 e. The second kappa shape index (κ2) is 4.39. The van der Waals surface area contributed by atoms with Gasteiger partial charge in [0.15, 0.2) is 0 Å². The van der Waals surface area contributed by atoms with E-state index in [1.54, 1.807) is 19.5 Å². The van der Waals surface area contributed by atoms with Crippen molar-refractivity contribution in [1.82, 2.24) is 0 Å². The van der Waals surface area contributed by atoms with Crippen molar-refractivity contribution < 1.29 is 22.8 Å². The summed E-state index contributed by atoms with van der Waals surface area (Å²) < 4.78 is 4.77. The van der Waals surface area contributed by atoms with Gasteiger partial charge in [0.1, 0.15) is 0 Å². The molecular weight excluding hydrogens is 419 g/mol. The molecular formula is C20H20Hf-2. The van der Waals surface area contributed by atoms with Crippen LogP contribution in [-0.4, -0.2) is 0 Å². The van der Waals surface area contributed by atoms with Gasteiger partial charge in [0.2, 0.25) is 0 Å². The van der Waals surface area contributed by atoms with Gasteiger partial charge in [-0.15, -0.1) is 0 Å². The van der Waals surface area contributed by atoms with Crippen molar-refractivity contribution in [2.75, 3.05) is 0 Å². The maximum atomic E-state index is 2.55. The molecule has 21 heavy (non-hydrogen) atoms. The van der Waals surface area contributed by atoms with Gasteiger partial charge in [0, 0.05) is 0 Å². The summed E-state index contributed by atoms with van der Waals surface area (Å²) in [6.07, 6.45) is 9.86. The predicted molar refractivity (Wildman–Crippen MR) is 88.3 cm³/mol. The smallest absolute Gasteiger partial charge is 1.00 e. The quantitative estimate of drug-likeness (QED) is 0.524. The largest absolute Gasteiger partial charge is 1.00 e. The number of hydrogen-bond acceptors (Lipinski definition) is 0. The van der Waals surface area contributed by atoms with Gasteiger partial charge >= 0.3 is 131 Å². The third-order valence-electron chi connectivity index (χ3n) is 5.66. The van der Waals surface area contributed by atoms with E-state index in [4.69, 9.17) is 0 Å². The Morgan fingerprint density at radius 1 is 0.714 bits per heavy atom. The minimum atomic E-state index is -2.27. The van der Waals surface area contributed by atoms with Crippen LogP contribution < -0.4 is 0 Å². The summed E-state index contributed by atoms with van der Waals surface area (Å²) in [5.41, 5.74) is 6.22. The molecule has 3 aliphatic rings. The van der Waals surface area contributed by atoms with Crippen molar-refractivity contribution in [2.45, 2.75) is 15.7 Å². The summed E-state index contributed by atoms with van der Waals surface area (Å²) in [4.78, 5) is 0. The van der Waals surface area contributed by atoms with E-state index in [0.29, 0.717) is 0 Å². The van der Waals surface area contributed by atoms with Crippen molar-refractivity contribution >= 4 is 12.2 Å². The van der Waals surface area contributed by atoms with Gasteiger partial charge in [-0.3, -0.25) is 0 Å². The Morgan fingerprint density at radius 2 is 1.19 bits per heavy atom. The Labute approximate surface area is 133 Å².